The van der Waals surface area contributed by atoms with Gasteiger partial charge < -0.3 is 15.2 Å². The van der Waals surface area contributed by atoms with E-state index in [1.165, 1.54) is 7.11 Å². The van der Waals surface area contributed by atoms with Crippen LogP contribution in [0.15, 0.2) is 54.6 Å². The van der Waals surface area contributed by atoms with Gasteiger partial charge in [0.05, 0.1) is 25.3 Å². The number of carbonyl (C=O) groups is 1. The summed E-state index contributed by atoms with van der Waals surface area (Å²) in [7, 11) is 1.37. The molecular formula is C16H17NO3. The van der Waals surface area contributed by atoms with Crippen LogP contribution in [0.2, 0.25) is 0 Å². The molecule has 0 heterocycles. The summed E-state index contributed by atoms with van der Waals surface area (Å²) in [6, 6.07) is 16.3. The highest BCUT2D eigenvalue weighted by atomic mass is 16.5. The zero-order chi connectivity index (χ0) is 14.4. The SMILES string of the molecule is COC(=O)C[C@H](Nc1ccccc1O)c1ccccc1. The molecule has 0 unspecified atom stereocenters. The van der Waals surface area contributed by atoms with E-state index >= 15 is 0 Å². The van der Waals surface area contributed by atoms with E-state index in [2.05, 4.69) is 5.32 Å². The van der Waals surface area contributed by atoms with Gasteiger partial charge in [-0.3, -0.25) is 4.79 Å². The van der Waals surface area contributed by atoms with Gasteiger partial charge in [-0.1, -0.05) is 42.5 Å². The summed E-state index contributed by atoms with van der Waals surface area (Å²) in [6.45, 7) is 0. The van der Waals surface area contributed by atoms with Crippen LogP contribution in [0.5, 0.6) is 5.75 Å². The molecular weight excluding hydrogens is 254 g/mol. The predicted molar refractivity (Wildman–Crippen MR) is 77.5 cm³/mol. The maximum atomic E-state index is 11.5. The quantitative estimate of drug-likeness (QED) is 0.648. The van der Waals surface area contributed by atoms with Crippen LogP contribution in [0, 0.1) is 0 Å². The Morgan fingerprint density at radius 1 is 1.15 bits per heavy atom. The van der Waals surface area contributed by atoms with Crippen molar-refractivity contribution in [3.63, 3.8) is 0 Å². The van der Waals surface area contributed by atoms with Crippen molar-refractivity contribution in [3.8, 4) is 5.75 Å². The van der Waals surface area contributed by atoms with E-state index < -0.39 is 0 Å². The first-order valence-corrected chi connectivity index (χ1v) is 6.37. The average molecular weight is 271 g/mol. The van der Waals surface area contributed by atoms with Crippen LogP contribution in [-0.4, -0.2) is 18.2 Å². The van der Waals surface area contributed by atoms with Crippen molar-refractivity contribution in [2.45, 2.75) is 12.5 Å². The Balaban J connectivity index is 2.23. The molecule has 104 valence electrons. The standard InChI is InChI=1S/C16H17NO3/c1-20-16(19)11-14(12-7-3-2-4-8-12)17-13-9-5-6-10-15(13)18/h2-10,14,17-18H,11H2,1H3/t14-/m0/s1. The summed E-state index contributed by atoms with van der Waals surface area (Å²) in [5.41, 5.74) is 1.55. The summed E-state index contributed by atoms with van der Waals surface area (Å²) in [6.07, 6.45) is 0.189. The summed E-state index contributed by atoms with van der Waals surface area (Å²) >= 11 is 0. The number of anilines is 1. The van der Waals surface area contributed by atoms with Gasteiger partial charge >= 0.3 is 5.97 Å². The predicted octanol–water partition coefficient (Wildman–Crippen LogP) is 3.11. The molecule has 0 aliphatic carbocycles. The van der Waals surface area contributed by atoms with Crippen molar-refractivity contribution in [1.29, 1.82) is 0 Å². The zero-order valence-corrected chi connectivity index (χ0v) is 11.2. The van der Waals surface area contributed by atoms with Gasteiger partial charge in [0.15, 0.2) is 0 Å². The number of hydrogen-bond donors (Lipinski definition) is 2. The fourth-order valence-corrected chi connectivity index (χ4v) is 1.97. The van der Waals surface area contributed by atoms with Crippen molar-refractivity contribution in [2.24, 2.45) is 0 Å². The first-order valence-electron chi connectivity index (χ1n) is 6.37. The van der Waals surface area contributed by atoms with Crippen molar-refractivity contribution >= 4 is 11.7 Å². The van der Waals surface area contributed by atoms with Crippen molar-refractivity contribution in [3.05, 3.63) is 60.2 Å². The van der Waals surface area contributed by atoms with Gasteiger partial charge in [-0.15, -0.1) is 0 Å². The number of rotatable bonds is 5. The Labute approximate surface area is 118 Å². The average Bonchev–Trinajstić information content (AvgIpc) is 2.49. The lowest BCUT2D eigenvalue weighted by atomic mass is 10.0. The van der Waals surface area contributed by atoms with Crippen LogP contribution >= 0.6 is 0 Å². The smallest absolute Gasteiger partial charge is 0.307 e. The number of carbonyl (C=O) groups excluding carboxylic acids is 1. The number of ether oxygens (including phenoxy) is 1. The summed E-state index contributed by atoms with van der Waals surface area (Å²) < 4.78 is 4.73. The Kier molecular flexibility index (Phi) is 4.60. The summed E-state index contributed by atoms with van der Waals surface area (Å²) in [5.74, 6) is -0.153. The van der Waals surface area contributed by atoms with Crippen LogP contribution in [0.1, 0.15) is 18.0 Å². The number of phenolic OH excluding ortho intramolecular Hbond substituents is 1. The number of phenols is 1. The molecule has 0 spiro atoms. The molecule has 0 radical (unpaired) electrons. The lowest BCUT2D eigenvalue weighted by Crippen LogP contribution is -2.16. The first kappa shape index (κ1) is 13.9. The molecule has 0 aliphatic rings. The van der Waals surface area contributed by atoms with Gasteiger partial charge in [-0.2, -0.15) is 0 Å². The van der Waals surface area contributed by atoms with Gasteiger partial charge in [-0.05, 0) is 17.7 Å². The molecule has 0 bridgehead atoms. The molecule has 4 nitrogen and oxygen atoms in total. The number of methoxy groups -OCH3 is 1. The van der Waals surface area contributed by atoms with E-state index in [4.69, 9.17) is 4.74 Å². The van der Waals surface area contributed by atoms with Gasteiger partial charge in [0.2, 0.25) is 0 Å². The minimum Gasteiger partial charge on any atom is -0.506 e. The second-order valence-corrected chi connectivity index (χ2v) is 4.41. The Morgan fingerprint density at radius 2 is 1.80 bits per heavy atom. The van der Waals surface area contributed by atoms with Crippen LogP contribution in [0.25, 0.3) is 0 Å². The molecule has 0 aliphatic heterocycles. The van der Waals surface area contributed by atoms with E-state index in [1.54, 1.807) is 18.2 Å². The maximum absolute atomic E-state index is 11.5. The highest BCUT2D eigenvalue weighted by molar-refractivity contribution is 5.71. The van der Waals surface area contributed by atoms with Crippen LogP contribution in [-0.2, 0) is 9.53 Å². The van der Waals surface area contributed by atoms with Gasteiger partial charge in [0.25, 0.3) is 0 Å². The highest BCUT2D eigenvalue weighted by Crippen LogP contribution is 2.28. The van der Waals surface area contributed by atoms with Gasteiger partial charge in [0, 0.05) is 0 Å². The van der Waals surface area contributed by atoms with Gasteiger partial charge in [0.1, 0.15) is 5.75 Å². The third-order valence-electron chi connectivity index (χ3n) is 3.03. The zero-order valence-electron chi connectivity index (χ0n) is 11.2. The molecule has 0 saturated carbocycles. The molecule has 2 N–H and O–H groups in total. The van der Waals surface area contributed by atoms with E-state index in [-0.39, 0.29) is 24.2 Å². The van der Waals surface area contributed by atoms with Crippen molar-refractivity contribution in [2.75, 3.05) is 12.4 Å². The molecule has 0 saturated heterocycles. The molecule has 2 aromatic carbocycles. The lowest BCUT2D eigenvalue weighted by Gasteiger charge is -2.20. The molecule has 0 fully saturated rings. The normalized spacial score (nSPS) is 11.7. The second kappa shape index (κ2) is 6.61. The monoisotopic (exact) mass is 271 g/mol. The van der Waals surface area contributed by atoms with Crippen LogP contribution in [0.3, 0.4) is 0 Å². The fraction of sp³-hybridized carbons (Fsp3) is 0.188. The lowest BCUT2D eigenvalue weighted by molar-refractivity contribution is -0.140. The Bertz CT molecular complexity index is 569. The molecule has 2 aromatic rings. The van der Waals surface area contributed by atoms with E-state index in [0.29, 0.717) is 5.69 Å². The summed E-state index contributed by atoms with van der Waals surface area (Å²) in [4.78, 5) is 11.5. The third kappa shape index (κ3) is 3.51. The van der Waals surface area contributed by atoms with Crippen molar-refractivity contribution < 1.29 is 14.6 Å². The number of benzene rings is 2. The Morgan fingerprint density at radius 3 is 2.45 bits per heavy atom. The van der Waals surface area contributed by atoms with Crippen LogP contribution < -0.4 is 5.32 Å². The number of aromatic hydroxyl groups is 1. The Hall–Kier alpha value is -2.49. The minimum absolute atomic E-state index is 0.151. The fourth-order valence-electron chi connectivity index (χ4n) is 1.97. The van der Waals surface area contributed by atoms with E-state index in [0.717, 1.165) is 5.56 Å². The minimum atomic E-state index is -0.304. The number of esters is 1. The third-order valence-corrected chi connectivity index (χ3v) is 3.03. The van der Waals surface area contributed by atoms with Gasteiger partial charge in [-0.25, -0.2) is 0 Å². The largest absolute Gasteiger partial charge is 0.506 e. The molecule has 20 heavy (non-hydrogen) atoms. The highest BCUT2D eigenvalue weighted by Gasteiger charge is 2.17. The number of para-hydroxylation sites is 2. The number of nitrogens with one attached hydrogen (secondary N) is 1. The van der Waals surface area contributed by atoms with E-state index in [1.807, 2.05) is 36.4 Å². The topological polar surface area (TPSA) is 58.6 Å². The second-order valence-electron chi connectivity index (χ2n) is 4.41. The number of hydrogen-bond acceptors (Lipinski definition) is 4. The molecule has 4 heteroatoms. The van der Waals surface area contributed by atoms with Crippen molar-refractivity contribution in [1.82, 2.24) is 0 Å². The maximum Gasteiger partial charge on any atom is 0.307 e. The first-order chi connectivity index (χ1) is 9.70. The molecule has 2 rings (SSSR count). The molecule has 1 atom stereocenters. The molecule has 0 amide bonds. The van der Waals surface area contributed by atoms with Crippen LogP contribution in [0.4, 0.5) is 5.69 Å². The molecule has 0 aromatic heterocycles. The van der Waals surface area contributed by atoms with E-state index in [9.17, 15) is 9.90 Å². The summed E-state index contributed by atoms with van der Waals surface area (Å²) in [5, 5.41) is 13.0.